The summed E-state index contributed by atoms with van der Waals surface area (Å²) in [6, 6.07) is 7.46. The SMILES string of the molecule is COC(=O)c1c(N)c(C#N)cn1-c1cc(OC)cc2[nH]ccc12. The molecule has 23 heavy (non-hydrogen) atoms. The molecule has 0 saturated heterocycles. The number of nitrogen functional groups attached to an aromatic ring is 1. The lowest BCUT2D eigenvalue weighted by Gasteiger charge is -2.11. The van der Waals surface area contributed by atoms with Gasteiger partial charge in [-0.1, -0.05) is 0 Å². The lowest BCUT2D eigenvalue weighted by molar-refractivity contribution is 0.0593. The molecule has 3 aromatic rings. The van der Waals surface area contributed by atoms with E-state index in [4.69, 9.17) is 15.2 Å². The third-order valence-corrected chi connectivity index (χ3v) is 3.66. The van der Waals surface area contributed by atoms with E-state index in [1.165, 1.54) is 13.3 Å². The van der Waals surface area contributed by atoms with Crippen molar-refractivity contribution < 1.29 is 14.3 Å². The Morgan fingerprint density at radius 1 is 1.39 bits per heavy atom. The molecule has 7 nitrogen and oxygen atoms in total. The minimum absolute atomic E-state index is 0.0888. The summed E-state index contributed by atoms with van der Waals surface area (Å²) >= 11 is 0. The van der Waals surface area contributed by atoms with Gasteiger partial charge in [0.25, 0.3) is 0 Å². The van der Waals surface area contributed by atoms with E-state index in [1.54, 1.807) is 23.9 Å². The van der Waals surface area contributed by atoms with E-state index in [0.29, 0.717) is 11.4 Å². The van der Waals surface area contributed by atoms with Crippen LogP contribution in [0.5, 0.6) is 5.75 Å². The summed E-state index contributed by atoms with van der Waals surface area (Å²) < 4.78 is 11.7. The number of esters is 1. The monoisotopic (exact) mass is 310 g/mol. The lowest BCUT2D eigenvalue weighted by Crippen LogP contribution is -2.11. The van der Waals surface area contributed by atoms with Crippen molar-refractivity contribution in [1.29, 1.82) is 5.26 Å². The number of fused-ring (bicyclic) bond motifs is 1. The number of methoxy groups -OCH3 is 2. The normalized spacial score (nSPS) is 10.5. The summed E-state index contributed by atoms with van der Waals surface area (Å²) in [5, 5.41) is 10.1. The number of anilines is 1. The van der Waals surface area contributed by atoms with Crippen LogP contribution in [0.3, 0.4) is 0 Å². The van der Waals surface area contributed by atoms with Gasteiger partial charge in [-0.3, -0.25) is 0 Å². The third-order valence-electron chi connectivity index (χ3n) is 3.66. The summed E-state index contributed by atoms with van der Waals surface area (Å²) in [6.07, 6.45) is 3.30. The maximum Gasteiger partial charge on any atom is 0.357 e. The molecule has 3 rings (SSSR count). The Hall–Kier alpha value is -3.40. The van der Waals surface area contributed by atoms with Gasteiger partial charge in [-0.05, 0) is 6.07 Å². The van der Waals surface area contributed by atoms with E-state index < -0.39 is 5.97 Å². The number of carbonyl (C=O) groups excluding carboxylic acids is 1. The molecule has 2 aromatic heterocycles. The lowest BCUT2D eigenvalue weighted by atomic mass is 10.2. The molecule has 116 valence electrons. The van der Waals surface area contributed by atoms with Gasteiger partial charge in [-0.2, -0.15) is 5.26 Å². The van der Waals surface area contributed by atoms with Crippen LogP contribution in [0.15, 0.2) is 30.6 Å². The number of nitriles is 1. The number of benzene rings is 1. The van der Waals surface area contributed by atoms with Gasteiger partial charge < -0.3 is 24.8 Å². The van der Waals surface area contributed by atoms with Crippen LogP contribution in [0, 0.1) is 11.3 Å². The molecule has 0 saturated carbocycles. The number of nitrogens with one attached hydrogen (secondary N) is 1. The molecule has 0 amide bonds. The molecule has 0 unspecified atom stereocenters. The van der Waals surface area contributed by atoms with Crippen molar-refractivity contribution in [3.05, 3.63) is 41.9 Å². The first-order valence-corrected chi connectivity index (χ1v) is 6.75. The van der Waals surface area contributed by atoms with E-state index >= 15 is 0 Å². The molecular weight excluding hydrogens is 296 g/mol. The van der Waals surface area contributed by atoms with Gasteiger partial charge in [0.2, 0.25) is 0 Å². The van der Waals surface area contributed by atoms with E-state index in [9.17, 15) is 10.1 Å². The molecule has 1 aromatic carbocycles. The highest BCUT2D eigenvalue weighted by molar-refractivity contribution is 5.98. The zero-order chi connectivity index (χ0) is 16.6. The number of nitrogens with two attached hydrogens (primary N) is 1. The highest BCUT2D eigenvalue weighted by Gasteiger charge is 2.23. The molecule has 0 aliphatic heterocycles. The maximum absolute atomic E-state index is 12.1. The predicted molar refractivity (Wildman–Crippen MR) is 84.6 cm³/mol. The standard InChI is InChI=1S/C16H14N4O3/c1-22-10-5-12-11(3-4-19-12)13(6-10)20-8-9(7-17)14(18)15(20)16(21)23-2/h3-6,8,19H,18H2,1-2H3. The molecular formula is C16H14N4O3. The van der Waals surface area contributed by atoms with Crippen molar-refractivity contribution in [2.45, 2.75) is 0 Å². The molecule has 0 fully saturated rings. The van der Waals surface area contributed by atoms with Crippen LogP contribution in [-0.2, 0) is 4.74 Å². The number of ether oxygens (including phenoxy) is 2. The van der Waals surface area contributed by atoms with Crippen molar-refractivity contribution >= 4 is 22.6 Å². The average Bonchev–Trinajstić information content (AvgIpc) is 3.17. The number of rotatable bonds is 3. The summed E-state index contributed by atoms with van der Waals surface area (Å²) in [6.45, 7) is 0. The van der Waals surface area contributed by atoms with Crippen LogP contribution in [0.1, 0.15) is 16.1 Å². The Labute approximate surface area is 131 Å². The molecule has 2 heterocycles. The second-order valence-electron chi connectivity index (χ2n) is 4.86. The first kappa shape index (κ1) is 14.5. The topological polar surface area (TPSA) is 106 Å². The molecule has 0 bridgehead atoms. The van der Waals surface area contributed by atoms with Crippen LogP contribution in [0.4, 0.5) is 5.69 Å². The van der Waals surface area contributed by atoms with Crippen LogP contribution >= 0.6 is 0 Å². The van der Waals surface area contributed by atoms with Crippen LogP contribution < -0.4 is 10.5 Å². The largest absolute Gasteiger partial charge is 0.497 e. The summed E-state index contributed by atoms with van der Waals surface area (Å²) in [5.41, 5.74) is 7.84. The van der Waals surface area contributed by atoms with Crippen LogP contribution in [0.2, 0.25) is 0 Å². The molecule has 7 heteroatoms. The molecule has 0 aliphatic carbocycles. The minimum Gasteiger partial charge on any atom is -0.497 e. The number of aromatic nitrogens is 2. The van der Waals surface area contributed by atoms with Gasteiger partial charge in [-0.15, -0.1) is 0 Å². The fourth-order valence-corrected chi connectivity index (χ4v) is 2.54. The molecule has 0 atom stereocenters. The Morgan fingerprint density at radius 3 is 2.83 bits per heavy atom. The molecule has 3 N–H and O–H groups in total. The molecule has 0 spiro atoms. The minimum atomic E-state index is -0.615. The summed E-state index contributed by atoms with van der Waals surface area (Å²) in [7, 11) is 2.82. The van der Waals surface area contributed by atoms with Crippen LogP contribution in [-0.4, -0.2) is 29.7 Å². The smallest absolute Gasteiger partial charge is 0.357 e. The van der Waals surface area contributed by atoms with E-state index in [1.807, 2.05) is 18.2 Å². The van der Waals surface area contributed by atoms with Gasteiger partial charge in [0.15, 0.2) is 5.69 Å². The van der Waals surface area contributed by atoms with Gasteiger partial charge in [0, 0.05) is 29.9 Å². The van der Waals surface area contributed by atoms with Crippen LogP contribution in [0.25, 0.3) is 16.6 Å². The Kier molecular flexibility index (Phi) is 3.43. The van der Waals surface area contributed by atoms with Crippen molar-refractivity contribution in [3.8, 4) is 17.5 Å². The zero-order valence-corrected chi connectivity index (χ0v) is 12.6. The first-order chi connectivity index (χ1) is 11.1. The Bertz CT molecular complexity index is 946. The average molecular weight is 310 g/mol. The first-order valence-electron chi connectivity index (χ1n) is 6.75. The molecule has 0 radical (unpaired) electrons. The number of H-pyrrole nitrogens is 1. The second kappa shape index (κ2) is 5.42. The Morgan fingerprint density at radius 2 is 2.17 bits per heavy atom. The number of hydrogen-bond acceptors (Lipinski definition) is 5. The molecule has 0 aliphatic rings. The fourth-order valence-electron chi connectivity index (χ4n) is 2.54. The van der Waals surface area contributed by atoms with Gasteiger partial charge in [0.05, 0.1) is 36.7 Å². The quantitative estimate of drug-likeness (QED) is 0.721. The third kappa shape index (κ3) is 2.17. The zero-order valence-electron chi connectivity index (χ0n) is 12.6. The van der Waals surface area contributed by atoms with Crippen molar-refractivity contribution in [2.75, 3.05) is 20.0 Å². The van der Waals surface area contributed by atoms with E-state index in [-0.39, 0.29) is 16.9 Å². The Balaban J connectivity index is 2.37. The highest BCUT2D eigenvalue weighted by Crippen LogP contribution is 2.32. The van der Waals surface area contributed by atoms with E-state index in [2.05, 4.69) is 4.98 Å². The fraction of sp³-hybridized carbons (Fsp3) is 0.125. The number of hydrogen-bond donors (Lipinski definition) is 2. The predicted octanol–water partition coefficient (Wildman–Crippen LogP) is 2.21. The number of nitrogens with zero attached hydrogens (tertiary/aromatic N) is 2. The van der Waals surface area contributed by atoms with Gasteiger partial charge in [0.1, 0.15) is 11.8 Å². The highest BCUT2D eigenvalue weighted by atomic mass is 16.5. The summed E-state index contributed by atoms with van der Waals surface area (Å²) in [5.74, 6) is -0.00736. The van der Waals surface area contributed by atoms with Gasteiger partial charge in [-0.25, -0.2) is 4.79 Å². The van der Waals surface area contributed by atoms with Crippen molar-refractivity contribution in [1.82, 2.24) is 9.55 Å². The number of carbonyl (C=O) groups is 1. The van der Waals surface area contributed by atoms with Crippen molar-refractivity contribution in [2.24, 2.45) is 0 Å². The van der Waals surface area contributed by atoms with E-state index in [0.717, 1.165) is 10.9 Å². The van der Waals surface area contributed by atoms with Crippen molar-refractivity contribution in [3.63, 3.8) is 0 Å². The van der Waals surface area contributed by atoms with Gasteiger partial charge >= 0.3 is 5.97 Å². The maximum atomic E-state index is 12.1. The summed E-state index contributed by atoms with van der Waals surface area (Å²) in [4.78, 5) is 15.2. The number of aromatic amines is 1. The second-order valence-corrected chi connectivity index (χ2v) is 4.86.